The van der Waals surface area contributed by atoms with Crippen LogP contribution in [0.1, 0.15) is 6.92 Å². The first kappa shape index (κ1) is 20.8. The molecule has 7 nitrogen and oxygen atoms in total. The van der Waals surface area contributed by atoms with Gasteiger partial charge in [0, 0.05) is 24.3 Å². The van der Waals surface area contributed by atoms with Gasteiger partial charge in [0.1, 0.15) is 5.52 Å². The van der Waals surface area contributed by atoms with Gasteiger partial charge in [-0.2, -0.15) is 0 Å². The number of thioether (sulfide) groups is 1. The highest BCUT2D eigenvalue weighted by Crippen LogP contribution is 2.29. The first-order chi connectivity index (χ1) is 13.2. The molecule has 3 aromatic rings. The molecule has 0 bridgehead atoms. The number of nitrogens with zero attached hydrogens (tertiary/aromatic N) is 2. The molecule has 148 valence electrons. The lowest BCUT2D eigenvalue weighted by molar-refractivity contribution is -0.115. The number of hydrogen-bond acceptors (Lipinski definition) is 6. The minimum absolute atomic E-state index is 0.135. The maximum absolute atomic E-state index is 12.4. The standard InChI is InChI=1S/C18H18BrN3O4S2/c1-11(17(23)20-13-6-4-5-12(19)9-13)27-18-21-15-10-14(7-8-16(15)26-18)28(24,25)22(2)3/h4-11H,1-3H3,(H,20,23). The number of halogens is 1. The van der Waals surface area contributed by atoms with E-state index in [0.717, 1.165) is 20.5 Å². The average Bonchev–Trinajstić information content (AvgIpc) is 3.02. The van der Waals surface area contributed by atoms with Crippen LogP contribution in [0.25, 0.3) is 11.1 Å². The Balaban J connectivity index is 1.76. The predicted molar refractivity (Wildman–Crippen MR) is 113 cm³/mol. The van der Waals surface area contributed by atoms with Crippen molar-refractivity contribution >= 4 is 60.4 Å². The molecule has 1 amide bonds. The van der Waals surface area contributed by atoms with Crippen molar-refractivity contribution in [3.8, 4) is 0 Å². The second-order valence-electron chi connectivity index (χ2n) is 6.16. The lowest BCUT2D eigenvalue weighted by atomic mass is 10.3. The van der Waals surface area contributed by atoms with Crippen molar-refractivity contribution < 1.29 is 17.6 Å². The third-order valence-electron chi connectivity index (χ3n) is 3.86. The molecule has 1 atom stereocenters. The van der Waals surface area contributed by atoms with Crippen molar-refractivity contribution in [1.29, 1.82) is 0 Å². The summed E-state index contributed by atoms with van der Waals surface area (Å²) in [5.41, 5.74) is 1.56. The largest absolute Gasteiger partial charge is 0.431 e. The molecule has 0 radical (unpaired) electrons. The van der Waals surface area contributed by atoms with Gasteiger partial charge in [-0.1, -0.05) is 33.8 Å². The van der Waals surface area contributed by atoms with Crippen molar-refractivity contribution in [3.63, 3.8) is 0 Å². The number of nitrogens with one attached hydrogen (secondary N) is 1. The van der Waals surface area contributed by atoms with Crippen molar-refractivity contribution in [2.24, 2.45) is 0 Å². The van der Waals surface area contributed by atoms with Crippen molar-refractivity contribution in [3.05, 3.63) is 46.9 Å². The van der Waals surface area contributed by atoms with E-state index >= 15 is 0 Å². The third-order valence-corrected chi connectivity index (χ3v) is 7.11. The zero-order chi connectivity index (χ0) is 20.5. The van der Waals surface area contributed by atoms with Crippen LogP contribution in [-0.4, -0.2) is 43.0 Å². The fraction of sp³-hybridized carbons (Fsp3) is 0.222. The van der Waals surface area contributed by atoms with E-state index in [2.05, 4.69) is 26.2 Å². The Kier molecular flexibility index (Phi) is 6.13. The van der Waals surface area contributed by atoms with Gasteiger partial charge in [0.15, 0.2) is 5.58 Å². The SMILES string of the molecule is CC(Sc1nc2cc(S(=O)(=O)N(C)C)ccc2o1)C(=O)Nc1cccc(Br)c1. The third kappa shape index (κ3) is 4.57. The van der Waals surface area contributed by atoms with E-state index in [9.17, 15) is 13.2 Å². The van der Waals surface area contributed by atoms with E-state index in [0.29, 0.717) is 22.0 Å². The van der Waals surface area contributed by atoms with Crippen LogP contribution in [0.3, 0.4) is 0 Å². The molecule has 0 spiro atoms. The van der Waals surface area contributed by atoms with Crippen LogP contribution in [0, 0.1) is 0 Å². The van der Waals surface area contributed by atoms with Crippen LogP contribution >= 0.6 is 27.7 Å². The summed E-state index contributed by atoms with van der Waals surface area (Å²) in [6.45, 7) is 1.74. The van der Waals surface area contributed by atoms with Crippen molar-refractivity contribution in [2.75, 3.05) is 19.4 Å². The molecule has 0 saturated heterocycles. The molecule has 0 aliphatic rings. The van der Waals surface area contributed by atoms with E-state index in [-0.39, 0.29) is 10.8 Å². The number of rotatable bonds is 6. The number of carbonyl (C=O) groups excluding carboxylic acids is 1. The molecule has 1 N–H and O–H groups in total. The number of carbonyl (C=O) groups is 1. The Hall–Kier alpha value is -1.88. The highest BCUT2D eigenvalue weighted by molar-refractivity contribution is 9.10. The number of hydrogen-bond donors (Lipinski definition) is 1. The smallest absolute Gasteiger partial charge is 0.257 e. The molecule has 28 heavy (non-hydrogen) atoms. The summed E-state index contributed by atoms with van der Waals surface area (Å²) in [4.78, 5) is 16.9. The molecule has 3 rings (SSSR count). The maximum atomic E-state index is 12.4. The maximum Gasteiger partial charge on any atom is 0.257 e. The number of aromatic nitrogens is 1. The van der Waals surface area contributed by atoms with Gasteiger partial charge in [-0.25, -0.2) is 17.7 Å². The van der Waals surface area contributed by atoms with Crippen LogP contribution in [0.5, 0.6) is 0 Å². The van der Waals surface area contributed by atoms with Crippen molar-refractivity contribution in [2.45, 2.75) is 22.3 Å². The van der Waals surface area contributed by atoms with Gasteiger partial charge in [-0.3, -0.25) is 4.79 Å². The molecule has 1 unspecified atom stereocenters. The highest BCUT2D eigenvalue weighted by atomic mass is 79.9. The minimum Gasteiger partial charge on any atom is -0.431 e. The lowest BCUT2D eigenvalue weighted by Crippen LogP contribution is -2.22. The van der Waals surface area contributed by atoms with E-state index < -0.39 is 15.3 Å². The van der Waals surface area contributed by atoms with E-state index in [1.54, 1.807) is 25.1 Å². The summed E-state index contributed by atoms with van der Waals surface area (Å²) in [5.74, 6) is -0.193. The summed E-state index contributed by atoms with van der Waals surface area (Å²) < 4.78 is 32.2. The van der Waals surface area contributed by atoms with E-state index in [1.807, 2.05) is 12.1 Å². The van der Waals surface area contributed by atoms with Crippen LogP contribution < -0.4 is 5.32 Å². The quantitative estimate of drug-likeness (QED) is 0.533. The Morgan fingerprint density at radius 1 is 1.25 bits per heavy atom. The first-order valence-corrected chi connectivity index (χ1v) is 11.3. The zero-order valence-electron chi connectivity index (χ0n) is 15.3. The summed E-state index contributed by atoms with van der Waals surface area (Å²) in [5, 5.41) is 2.67. The van der Waals surface area contributed by atoms with Gasteiger partial charge in [0.05, 0.1) is 10.1 Å². The minimum atomic E-state index is -3.56. The second-order valence-corrected chi connectivity index (χ2v) is 10.5. The van der Waals surface area contributed by atoms with Crippen LogP contribution in [0.15, 0.2) is 61.5 Å². The number of fused-ring (bicyclic) bond motifs is 1. The molecule has 1 heterocycles. The topological polar surface area (TPSA) is 92.5 Å². The molecule has 0 aliphatic carbocycles. The fourth-order valence-electron chi connectivity index (χ4n) is 2.32. The summed E-state index contributed by atoms with van der Waals surface area (Å²) in [6, 6.07) is 11.8. The molecule has 10 heteroatoms. The average molecular weight is 484 g/mol. The van der Waals surface area contributed by atoms with Crippen LogP contribution in [0.2, 0.25) is 0 Å². The Bertz CT molecular complexity index is 1130. The summed E-state index contributed by atoms with van der Waals surface area (Å²) >= 11 is 4.52. The highest BCUT2D eigenvalue weighted by Gasteiger charge is 2.21. The van der Waals surface area contributed by atoms with Gasteiger partial charge in [0.2, 0.25) is 15.9 Å². The molecule has 0 saturated carbocycles. The number of anilines is 1. The van der Waals surface area contributed by atoms with Crippen molar-refractivity contribution in [1.82, 2.24) is 9.29 Å². The monoisotopic (exact) mass is 483 g/mol. The van der Waals surface area contributed by atoms with Gasteiger partial charge in [0.25, 0.3) is 5.22 Å². The molecule has 0 fully saturated rings. The Morgan fingerprint density at radius 3 is 2.68 bits per heavy atom. The molecule has 1 aromatic heterocycles. The van der Waals surface area contributed by atoms with Gasteiger partial charge in [-0.15, -0.1) is 0 Å². The molecular weight excluding hydrogens is 466 g/mol. The Labute approximate surface area is 175 Å². The molecule has 2 aromatic carbocycles. The second kappa shape index (κ2) is 8.24. The summed E-state index contributed by atoms with van der Waals surface area (Å²) in [6.07, 6.45) is 0. The molecular formula is C18H18BrN3O4S2. The normalized spacial score (nSPS) is 13.0. The van der Waals surface area contributed by atoms with Crippen LogP contribution in [0.4, 0.5) is 5.69 Å². The van der Waals surface area contributed by atoms with Crippen LogP contribution in [-0.2, 0) is 14.8 Å². The van der Waals surface area contributed by atoms with Gasteiger partial charge >= 0.3 is 0 Å². The molecule has 0 aliphatic heterocycles. The van der Waals surface area contributed by atoms with E-state index in [4.69, 9.17) is 4.42 Å². The fourth-order valence-corrected chi connectivity index (χ4v) is 4.40. The Morgan fingerprint density at radius 2 is 2.00 bits per heavy atom. The number of oxazole rings is 1. The zero-order valence-corrected chi connectivity index (χ0v) is 18.6. The van der Waals surface area contributed by atoms with E-state index in [1.165, 1.54) is 26.2 Å². The number of amides is 1. The number of benzene rings is 2. The number of sulfonamides is 1. The predicted octanol–water partition coefficient (Wildman–Crippen LogP) is 3.96. The van der Waals surface area contributed by atoms with Gasteiger partial charge < -0.3 is 9.73 Å². The lowest BCUT2D eigenvalue weighted by Gasteiger charge is -2.10. The first-order valence-electron chi connectivity index (χ1n) is 8.23. The van der Waals surface area contributed by atoms with Gasteiger partial charge in [-0.05, 0) is 43.3 Å². The summed E-state index contributed by atoms with van der Waals surface area (Å²) in [7, 11) is -0.622.